The molecule has 2 nitrogen and oxygen atoms in total. The van der Waals surface area contributed by atoms with Crippen molar-refractivity contribution in [3.05, 3.63) is 0 Å². The zero-order valence-corrected chi connectivity index (χ0v) is 10.9. The molecule has 0 saturated heterocycles. The van der Waals surface area contributed by atoms with E-state index in [-0.39, 0.29) is 0 Å². The van der Waals surface area contributed by atoms with Crippen molar-refractivity contribution in [2.45, 2.75) is 45.1 Å². The van der Waals surface area contributed by atoms with Crippen molar-refractivity contribution in [2.24, 2.45) is 11.8 Å². The number of hydrogen-bond acceptors (Lipinski definition) is 2. The summed E-state index contributed by atoms with van der Waals surface area (Å²) in [5.74, 6) is 1.92. The monoisotopic (exact) mass is 212 g/mol. The summed E-state index contributed by atoms with van der Waals surface area (Å²) < 4.78 is 0. The van der Waals surface area contributed by atoms with Gasteiger partial charge in [-0.05, 0) is 45.8 Å². The Bertz CT molecular complexity index is 160. The van der Waals surface area contributed by atoms with Crippen LogP contribution in [0.3, 0.4) is 0 Å². The first-order valence-corrected chi connectivity index (χ1v) is 6.49. The lowest BCUT2D eigenvalue weighted by Gasteiger charge is -2.34. The van der Waals surface area contributed by atoms with Gasteiger partial charge in [0.1, 0.15) is 0 Å². The minimum atomic E-state index is 0.692. The molecule has 1 rings (SSSR count). The first-order chi connectivity index (χ1) is 7.17. The van der Waals surface area contributed by atoms with Crippen molar-refractivity contribution in [3.8, 4) is 0 Å². The van der Waals surface area contributed by atoms with E-state index in [4.69, 9.17) is 0 Å². The van der Waals surface area contributed by atoms with Crippen LogP contribution in [-0.2, 0) is 0 Å². The number of nitrogens with one attached hydrogen (secondary N) is 1. The molecule has 1 saturated carbocycles. The zero-order valence-electron chi connectivity index (χ0n) is 10.9. The molecule has 1 unspecified atom stereocenters. The predicted molar refractivity (Wildman–Crippen MR) is 67.1 cm³/mol. The quantitative estimate of drug-likeness (QED) is 0.752. The van der Waals surface area contributed by atoms with Gasteiger partial charge in [0.15, 0.2) is 0 Å². The fraction of sp³-hybridized carbons (Fsp3) is 1.00. The van der Waals surface area contributed by atoms with Crippen LogP contribution in [0.1, 0.15) is 39.0 Å². The van der Waals surface area contributed by atoms with E-state index in [0.717, 1.165) is 11.8 Å². The van der Waals surface area contributed by atoms with Crippen LogP contribution in [0.4, 0.5) is 0 Å². The molecular formula is C13H28N2. The largest absolute Gasteiger partial charge is 0.315 e. The average Bonchev–Trinajstić information content (AvgIpc) is 2.26. The van der Waals surface area contributed by atoms with Gasteiger partial charge in [0.25, 0.3) is 0 Å². The molecule has 1 aliphatic carbocycles. The standard InChI is InChI=1S/C13H28N2/c1-5-11-6-8-12(9-7-11)13(14-2)10-15(3)4/h11-14H,5-10H2,1-4H3. The maximum atomic E-state index is 3.49. The van der Waals surface area contributed by atoms with Gasteiger partial charge in [-0.15, -0.1) is 0 Å². The second kappa shape index (κ2) is 6.49. The molecule has 1 N–H and O–H groups in total. The molecule has 0 spiro atoms. The van der Waals surface area contributed by atoms with Crippen LogP contribution in [0.2, 0.25) is 0 Å². The Morgan fingerprint density at radius 3 is 2.20 bits per heavy atom. The van der Waals surface area contributed by atoms with Crippen LogP contribution in [0.15, 0.2) is 0 Å². The SMILES string of the molecule is CCC1CCC(C(CN(C)C)NC)CC1. The summed E-state index contributed by atoms with van der Waals surface area (Å²) >= 11 is 0. The van der Waals surface area contributed by atoms with E-state index in [1.807, 2.05) is 0 Å². The van der Waals surface area contributed by atoms with E-state index in [1.165, 1.54) is 38.6 Å². The van der Waals surface area contributed by atoms with Crippen molar-refractivity contribution in [1.29, 1.82) is 0 Å². The summed E-state index contributed by atoms with van der Waals surface area (Å²) in [6.07, 6.45) is 7.14. The number of hydrogen-bond donors (Lipinski definition) is 1. The molecule has 15 heavy (non-hydrogen) atoms. The zero-order chi connectivity index (χ0) is 11.3. The molecule has 0 heterocycles. The van der Waals surface area contributed by atoms with E-state index in [2.05, 4.69) is 38.3 Å². The predicted octanol–water partition coefficient (Wildman–Crippen LogP) is 2.35. The number of nitrogens with zero attached hydrogens (tertiary/aromatic N) is 1. The van der Waals surface area contributed by atoms with E-state index in [0.29, 0.717) is 6.04 Å². The Morgan fingerprint density at radius 2 is 1.80 bits per heavy atom. The lowest BCUT2D eigenvalue weighted by Crippen LogP contribution is -2.43. The molecule has 0 aromatic carbocycles. The summed E-state index contributed by atoms with van der Waals surface area (Å²) in [5, 5.41) is 3.49. The highest BCUT2D eigenvalue weighted by atomic mass is 15.1. The third kappa shape index (κ3) is 4.12. The van der Waals surface area contributed by atoms with E-state index in [1.54, 1.807) is 0 Å². The summed E-state index contributed by atoms with van der Waals surface area (Å²) in [7, 11) is 6.45. The number of rotatable bonds is 5. The van der Waals surface area contributed by atoms with Gasteiger partial charge in [-0.1, -0.05) is 26.2 Å². The van der Waals surface area contributed by atoms with Crippen LogP contribution < -0.4 is 5.32 Å². The highest BCUT2D eigenvalue weighted by molar-refractivity contribution is 4.82. The number of likely N-dealkylation sites (N-methyl/N-ethyl adjacent to an activating group) is 2. The summed E-state index contributed by atoms with van der Waals surface area (Å²) in [6, 6.07) is 0.692. The Morgan fingerprint density at radius 1 is 1.20 bits per heavy atom. The molecule has 0 bridgehead atoms. The van der Waals surface area contributed by atoms with E-state index < -0.39 is 0 Å². The second-order valence-electron chi connectivity index (χ2n) is 5.35. The highest BCUT2D eigenvalue weighted by Gasteiger charge is 2.26. The van der Waals surface area contributed by atoms with Crippen LogP contribution in [0, 0.1) is 11.8 Å². The molecule has 90 valence electrons. The first-order valence-electron chi connectivity index (χ1n) is 6.49. The third-order valence-corrected chi connectivity index (χ3v) is 3.97. The molecular weight excluding hydrogens is 184 g/mol. The highest BCUT2D eigenvalue weighted by Crippen LogP contribution is 2.32. The van der Waals surface area contributed by atoms with Gasteiger partial charge in [-0.25, -0.2) is 0 Å². The van der Waals surface area contributed by atoms with Crippen LogP contribution in [-0.4, -0.2) is 38.6 Å². The topological polar surface area (TPSA) is 15.3 Å². The van der Waals surface area contributed by atoms with Crippen molar-refractivity contribution in [1.82, 2.24) is 10.2 Å². The Labute approximate surface area is 95.4 Å². The van der Waals surface area contributed by atoms with Gasteiger partial charge in [0.05, 0.1) is 0 Å². The normalized spacial score (nSPS) is 29.4. The molecule has 0 amide bonds. The molecule has 2 heteroatoms. The molecule has 0 aromatic rings. The Kier molecular flexibility index (Phi) is 5.62. The van der Waals surface area contributed by atoms with Gasteiger partial charge in [0.2, 0.25) is 0 Å². The molecule has 1 atom stereocenters. The molecule has 0 radical (unpaired) electrons. The van der Waals surface area contributed by atoms with Crippen molar-refractivity contribution in [3.63, 3.8) is 0 Å². The maximum Gasteiger partial charge on any atom is 0.0219 e. The van der Waals surface area contributed by atoms with Crippen LogP contribution >= 0.6 is 0 Å². The summed E-state index contributed by atoms with van der Waals surface area (Å²) in [5.41, 5.74) is 0. The van der Waals surface area contributed by atoms with Gasteiger partial charge in [0, 0.05) is 12.6 Å². The summed E-state index contributed by atoms with van der Waals surface area (Å²) in [6.45, 7) is 3.51. The fourth-order valence-electron chi connectivity index (χ4n) is 2.87. The Hall–Kier alpha value is -0.0800. The van der Waals surface area contributed by atoms with E-state index in [9.17, 15) is 0 Å². The summed E-state index contributed by atoms with van der Waals surface area (Å²) in [4.78, 5) is 2.30. The first kappa shape index (κ1) is 13.0. The fourth-order valence-corrected chi connectivity index (χ4v) is 2.87. The van der Waals surface area contributed by atoms with E-state index >= 15 is 0 Å². The van der Waals surface area contributed by atoms with Crippen molar-refractivity contribution in [2.75, 3.05) is 27.7 Å². The Balaban J connectivity index is 2.35. The van der Waals surface area contributed by atoms with Gasteiger partial charge in [-0.3, -0.25) is 0 Å². The minimum Gasteiger partial charge on any atom is -0.315 e. The molecule has 1 fully saturated rings. The van der Waals surface area contributed by atoms with Crippen LogP contribution in [0.25, 0.3) is 0 Å². The lowest BCUT2D eigenvalue weighted by molar-refractivity contribution is 0.196. The minimum absolute atomic E-state index is 0.692. The third-order valence-electron chi connectivity index (χ3n) is 3.97. The molecule has 1 aliphatic rings. The van der Waals surface area contributed by atoms with Crippen molar-refractivity contribution < 1.29 is 0 Å². The van der Waals surface area contributed by atoms with Crippen LogP contribution in [0.5, 0.6) is 0 Å². The second-order valence-corrected chi connectivity index (χ2v) is 5.35. The van der Waals surface area contributed by atoms with Gasteiger partial charge >= 0.3 is 0 Å². The maximum absolute atomic E-state index is 3.49. The smallest absolute Gasteiger partial charge is 0.0219 e. The lowest BCUT2D eigenvalue weighted by atomic mass is 9.77. The van der Waals surface area contributed by atoms with Crippen molar-refractivity contribution >= 4 is 0 Å². The molecule has 0 aromatic heterocycles. The van der Waals surface area contributed by atoms with Gasteiger partial charge < -0.3 is 10.2 Å². The van der Waals surface area contributed by atoms with Gasteiger partial charge in [-0.2, -0.15) is 0 Å². The average molecular weight is 212 g/mol. The molecule has 0 aliphatic heterocycles.